The largest absolute Gasteiger partial charge is 0.335 e. The Kier molecular flexibility index (Phi) is 6.93. The number of urea groups is 1. The second-order valence-corrected chi connectivity index (χ2v) is 9.09. The molecule has 1 fully saturated rings. The summed E-state index contributed by atoms with van der Waals surface area (Å²) in [6.45, 7) is 0.426. The van der Waals surface area contributed by atoms with Gasteiger partial charge in [0.1, 0.15) is 0 Å². The summed E-state index contributed by atoms with van der Waals surface area (Å²) in [4.78, 5) is 12.4. The van der Waals surface area contributed by atoms with Crippen LogP contribution in [0.2, 0.25) is 5.02 Å². The number of hydrogen-bond donors (Lipinski definition) is 3. The maximum absolute atomic E-state index is 12.4. The number of carbonyl (C=O) groups is 1. The Hall–Kier alpha value is -2.09. The van der Waals surface area contributed by atoms with E-state index < -0.39 is 10.0 Å². The average molecular weight is 422 g/mol. The third-order valence-corrected chi connectivity index (χ3v) is 6.59. The van der Waals surface area contributed by atoms with Gasteiger partial charge in [-0.1, -0.05) is 41.9 Å². The van der Waals surface area contributed by atoms with Gasteiger partial charge in [-0.3, -0.25) is 0 Å². The molecule has 0 saturated heterocycles. The molecule has 2 aromatic carbocycles. The van der Waals surface area contributed by atoms with Crippen molar-refractivity contribution in [2.75, 3.05) is 0 Å². The molecule has 2 amide bonds. The minimum absolute atomic E-state index is 0.0442. The fourth-order valence-electron chi connectivity index (χ4n) is 3.26. The molecule has 0 bridgehead atoms. The molecule has 0 radical (unpaired) electrons. The molecule has 0 atom stereocenters. The van der Waals surface area contributed by atoms with Crippen molar-refractivity contribution in [3.8, 4) is 0 Å². The van der Waals surface area contributed by atoms with Gasteiger partial charge in [-0.05, 0) is 55.5 Å². The van der Waals surface area contributed by atoms with Crippen LogP contribution in [0.3, 0.4) is 0 Å². The van der Waals surface area contributed by atoms with Crippen LogP contribution in [-0.4, -0.2) is 26.5 Å². The van der Waals surface area contributed by atoms with E-state index in [1.165, 1.54) is 0 Å². The van der Waals surface area contributed by atoms with Gasteiger partial charge >= 0.3 is 6.03 Å². The van der Waals surface area contributed by atoms with E-state index in [2.05, 4.69) is 15.4 Å². The molecule has 1 aliphatic rings. The summed E-state index contributed by atoms with van der Waals surface area (Å²) in [5.41, 5.74) is 0.971. The first kappa shape index (κ1) is 20.6. The lowest BCUT2D eigenvalue weighted by molar-refractivity contribution is 0.230. The third-order valence-electron chi connectivity index (χ3n) is 4.80. The lowest BCUT2D eigenvalue weighted by Gasteiger charge is -2.29. The Labute approximate surface area is 170 Å². The highest BCUT2D eigenvalue weighted by molar-refractivity contribution is 7.89. The fraction of sp³-hybridized carbons (Fsp3) is 0.350. The van der Waals surface area contributed by atoms with E-state index in [1.807, 2.05) is 12.1 Å². The lowest BCUT2D eigenvalue weighted by atomic mass is 9.92. The first-order chi connectivity index (χ1) is 13.4. The highest BCUT2D eigenvalue weighted by Crippen LogP contribution is 2.21. The van der Waals surface area contributed by atoms with Crippen LogP contribution in [0.1, 0.15) is 31.2 Å². The van der Waals surface area contributed by atoms with Crippen LogP contribution in [0.25, 0.3) is 0 Å². The summed E-state index contributed by atoms with van der Waals surface area (Å²) in [6, 6.07) is 15.4. The van der Waals surface area contributed by atoms with Gasteiger partial charge < -0.3 is 10.6 Å². The zero-order valence-corrected chi connectivity index (χ0v) is 17.0. The Morgan fingerprint density at radius 3 is 2.18 bits per heavy atom. The van der Waals surface area contributed by atoms with Gasteiger partial charge in [-0.25, -0.2) is 17.9 Å². The first-order valence-electron chi connectivity index (χ1n) is 9.28. The molecule has 8 heteroatoms. The maximum Gasteiger partial charge on any atom is 0.315 e. The molecule has 150 valence electrons. The standard InChI is InChI=1S/C20H24ClN3O3S/c21-16-8-6-15(7-9-16)14-22-20(25)23-17-10-12-18(13-11-17)24-28(26,27)19-4-2-1-3-5-19/h1-9,17-18,24H,10-14H2,(H2,22,23,25). The van der Waals surface area contributed by atoms with Gasteiger partial charge in [0.15, 0.2) is 0 Å². The maximum atomic E-state index is 12.4. The number of benzene rings is 2. The van der Waals surface area contributed by atoms with Gasteiger partial charge in [0.25, 0.3) is 0 Å². The van der Waals surface area contributed by atoms with Gasteiger partial charge in [-0.2, -0.15) is 0 Å². The molecular formula is C20H24ClN3O3S. The van der Waals surface area contributed by atoms with Crippen molar-refractivity contribution in [2.45, 2.75) is 49.2 Å². The predicted molar refractivity (Wildman–Crippen MR) is 110 cm³/mol. The molecule has 0 heterocycles. The summed E-state index contributed by atoms with van der Waals surface area (Å²) >= 11 is 5.85. The van der Waals surface area contributed by atoms with Crippen LogP contribution in [0.4, 0.5) is 4.79 Å². The Morgan fingerprint density at radius 1 is 0.929 bits per heavy atom. The van der Waals surface area contributed by atoms with Gasteiger partial charge in [0.05, 0.1) is 4.90 Å². The Bertz CT molecular complexity index is 881. The van der Waals surface area contributed by atoms with Gasteiger partial charge in [0, 0.05) is 23.7 Å². The molecule has 3 N–H and O–H groups in total. The van der Waals surface area contributed by atoms with Crippen molar-refractivity contribution < 1.29 is 13.2 Å². The van der Waals surface area contributed by atoms with E-state index in [-0.39, 0.29) is 23.0 Å². The molecule has 6 nitrogen and oxygen atoms in total. The minimum Gasteiger partial charge on any atom is -0.335 e. The van der Waals surface area contributed by atoms with Crippen molar-refractivity contribution in [2.24, 2.45) is 0 Å². The van der Waals surface area contributed by atoms with E-state index in [1.54, 1.807) is 42.5 Å². The highest BCUT2D eigenvalue weighted by Gasteiger charge is 2.26. The normalized spacial score (nSPS) is 19.8. The van der Waals surface area contributed by atoms with Crippen LogP contribution in [0, 0.1) is 0 Å². The lowest BCUT2D eigenvalue weighted by Crippen LogP contribution is -2.46. The van der Waals surface area contributed by atoms with Crippen molar-refractivity contribution in [1.82, 2.24) is 15.4 Å². The average Bonchev–Trinajstić information content (AvgIpc) is 2.69. The predicted octanol–water partition coefficient (Wildman–Crippen LogP) is 3.43. The highest BCUT2D eigenvalue weighted by atomic mass is 35.5. The minimum atomic E-state index is -3.50. The number of carbonyl (C=O) groups excluding carboxylic acids is 1. The number of amides is 2. The van der Waals surface area contributed by atoms with Gasteiger partial charge in [0.2, 0.25) is 10.0 Å². The second-order valence-electron chi connectivity index (χ2n) is 6.94. The molecule has 3 rings (SSSR count). The molecular weight excluding hydrogens is 398 g/mol. The van der Waals surface area contributed by atoms with Crippen LogP contribution in [0.5, 0.6) is 0 Å². The molecule has 2 aromatic rings. The zero-order valence-electron chi connectivity index (χ0n) is 15.4. The van der Waals surface area contributed by atoms with E-state index >= 15 is 0 Å². The molecule has 0 unspecified atom stereocenters. The Morgan fingerprint density at radius 2 is 1.54 bits per heavy atom. The first-order valence-corrected chi connectivity index (χ1v) is 11.1. The summed E-state index contributed by atoms with van der Waals surface area (Å²) in [5.74, 6) is 0. The van der Waals surface area contributed by atoms with Crippen LogP contribution < -0.4 is 15.4 Å². The third kappa shape index (κ3) is 5.95. The SMILES string of the molecule is O=C(NCc1ccc(Cl)cc1)NC1CCC(NS(=O)(=O)c2ccccc2)CC1. The molecule has 0 spiro atoms. The van der Waals surface area contributed by atoms with E-state index in [0.29, 0.717) is 24.4 Å². The van der Waals surface area contributed by atoms with Crippen molar-refractivity contribution in [3.63, 3.8) is 0 Å². The van der Waals surface area contributed by atoms with Crippen LogP contribution in [0.15, 0.2) is 59.5 Å². The summed E-state index contributed by atoms with van der Waals surface area (Å²) in [5, 5.41) is 6.45. The van der Waals surface area contributed by atoms with Gasteiger partial charge in [-0.15, -0.1) is 0 Å². The molecule has 1 saturated carbocycles. The number of rotatable bonds is 6. The van der Waals surface area contributed by atoms with Crippen LogP contribution in [-0.2, 0) is 16.6 Å². The Balaban J connectivity index is 1.41. The van der Waals surface area contributed by atoms with Crippen molar-refractivity contribution in [3.05, 3.63) is 65.2 Å². The monoisotopic (exact) mass is 421 g/mol. The molecule has 0 aromatic heterocycles. The summed E-state index contributed by atoms with van der Waals surface area (Å²) < 4.78 is 27.6. The fourth-order valence-corrected chi connectivity index (χ4v) is 4.72. The summed E-state index contributed by atoms with van der Waals surface area (Å²) in [7, 11) is -3.50. The number of hydrogen-bond acceptors (Lipinski definition) is 3. The van der Waals surface area contributed by atoms with E-state index in [9.17, 15) is 13.2 Å². The summed E-state index contributed by atoms with van der Waals surface area (Å²) in [6.07, 6.45) is 2.84. The van der Waals surface area contributed by atoms with Crippen LogP contribution >= 0.6 is 11.6 Å². The number of nitrogens with one attached hydrogen (secondary N) is 3. The van der Waals surface area contributed by atoms with Crippen molar-refractivity contribution in [1.29, 1.82) is 0 Å². The molecule has 28 heavy (non-hydrogen) atoms. The second kappa shape index (κ2) is 9.41. The number of sulfonamides is 1. The van der Waals surface area contributed by atoms with E-state index in [0.717, 1.165) is 18.4 Å². The molecule has 0 aliphatic heterocycles. The van der Waals surface area contributed by atoms with E-state index in [4.69, 9.17) is 11.6 Å². The van der Waals surface area contributed by atoms with Crippen molar-refractivity contribution >= 4 is 27.7 Å². The topological polar surface area (TPSA) is 87.3 Å². The molecule has 1 aliphatic carbocycles. The zero-order chi connectivity index (χ0) is 20.0. The number of halogens is 1. The quantitative estimate of drug-likeness (QED) is 0.667. The smallest absolute Gasteiger partial charge is 0.315 e.